The normalized spacial score (nSPS) is 10.7. The lowest BCUT2D eigenvalue weighted by Crippen LogP contribution is -2.03. The molecule has 0 atom stereocenters. The second-order valence-electron chi connectivity index (χ2n) is 3.60. The highest BCUT2D eigenvalue weighted by Gasteiger charge is 2.16. The summed E-state index contributed by atoms with van der Waals surface area (Å²) in [5.74, 6) is -0.394. The van der Waals surface area contributed by atoms with Crippen LogP contribution in [0.25, 0.3) is 0 Å². The largest absolute Gasteiger partial charge is 0.507 e. The maximum Gasteiger partial charge on any atom is 0.181 e. The number of hydrogen-bond donors (Lipinski definition) is 1. The van der Waals surface area contributed by atoms with Gasteiger partial charge in [0.2, 0.25) is 0 Å². The number of hydrogen-bond acceptors (Lipinski definition) is 2. The zero-order chi connectivity index (χ0) is 11.6. The molecule has 1 rings (SSSR count). The minimum absolute atomic E-state index is 0.0138. The second-order valence-corrected chi connectivity index (χ2v) is 4.31. The number of halogens is 2. The molecule has 0 spiro atoms. The molecule has 1 aromatic carbocycles. The first-order valence-corrected chi connectivity index (χ1v) is 5.50. The van der Waals surface area contributed by atoms with Crippen LogP contribution in [0.1, 0.15) is 35.7 Å². The number of carbonyl (C=O) groups is 1. The van der Waals surface area contributed by atoms with Crippen LogP contribution in [0.5, 0.6) is 5.75 Å². The van der Waals surface area contributed by atoms with Gasteiger partial charge in [-0.05, 0) is 23.6 Å². The van der Waals surface area contributed by atoms with Crippen LogP contribution in [-0.2, 0) is 0 Å². The predicted molar refractivity (Wildman–Crippen MR) is 62.3 cm³/mol. The lowest BCUT2D eigenvalue weighted by Gasteiger charge is -2.12. The zero-order valence-electron chi connectivity index (χ0n) is 8.55. The number of rotatable bonds is 3. The topological polar surface area (TPSA) is 37.3 Å². The van der Waals surface area contributed by atoms with Crippen molar-refractivity contribution in [1.82, 2.24) is 0 Å². The third-order valence-electron chi connectivity index (χ3n) is 2.15. The highest BCUT2D eigenvalue weighted by molar-refractivity contribution is 6.33. The molecular weight excluding hydrogens is 235 g/mol. The third kappa shape index (κ3) is 2.64. The van der Waals surface area contributed by atoms with Crippen LogP contribution < -0.4 is 0 Å². The van der Waals surface area contributed by atoms with E-state index >= 15 is 0 Å². The van der Waals surface area contributed by atoms with Crippen molar-refractivity contribution in [1.29, 1.82) is 0 Å². The average molecular weight is 247 g/mol. The quantitative estimate of drug-likeness (QED) is 0.654. The molecule has 0 saturated heterocycles. The van der Waals surface area contributed by atoms with Crippen molar-refractivity contribution >= 4 is 29.0 Å². The number of phenolic OH excluding ortho intramolecular Hbond substituents is 1. The Kier molecular flexibility index (Phi) is 4.00. The first-order valence-electron chi connectivity index (χ1n) is 4.59. The molecule has 0 fully saturated rings. The van der Waals surface area contributed by atoms with Gasteiger partial charge in [-0.15, -0.1) is 11.6 Å². The summed E-state index contributed by atoms with van der Waals surface area (Å²) in [5, 5.41) is 10.3. The average Bonchev–Trinajstić information content (AvgIpc) is 2.19. The molecule has 0 saturated carbocycles. The van der Waals surface area contributed by atoms with E-state index in [4.69, 9.17) is 23.2 Å². The Labute approximate surface area is 98.8 Å². The van der Waals surface area contributed by atoms with Crippen molar-refractivity contribution in [2.75, 3.05) is 5.88 Å². The molecule has 0 unspecified atom stereocenters. The van der Waals surface area contributed by atoms with E-state index in [2.05, 4.69) is 0 Å². The Morgan fingerprint density at radius 3 is 2.53 bits per heavy atom. The molecule has 2 nitrogen and oxygen atoms in total. The molecule has 0 amide bonds. The molecule has 0 bridgehead atoms. The number of phenols is 1. The van der Waals surface area contributed by atoms with Crippen molar-refractivity contribution in [3.05, 3.63) is 28.3 Å². The summed E-state index contributed by atoms with van der Waals surface area (Å²) in [7, 11) is 0. The highest BCUT2D eigenvalue weighted by atomic mass is 35.5. The fourth-order valence-electron chi connectivity index (χ4n) is 1.34. The molecule has 1 aromatic rings. The van der Waals surface area contributed by atoms with Crippen molar-refractivity contribution in [2.45, 2.75) is 19.8 Å². The van der Waals surface area contributed by atoms with Crippen LogP contribution >= 0.6 is 23.2 Å². The highest BCUT2D eigenvalue weighted by Crippen LogP contribution is 2.32. The van der Waals surface area contributed by atoms with Crippen LogP contribution in [0.3, 0.4) is 0 Å². The monoisotopic (exact) mass is 246 g/mol. The van der Waals surface area contributed by atoms with Crippen LogP contribution in [0.2, 0.25) is 5.02 Å². The molecule has 0 aromatic heterocycles. The zero-order valence-corrected chi connectivity index (χ0v) is 10.1. The van der Waals surface area contributed by atoms with Crippen molar-refractivity contribution in [3.63, 3.8) is 0 Å². The van der Waals surface area contributed by atoms with Gasteiger partial charge in [0.1, 0.15) is 5.75 Å². The second kappa shape index (κ2) is 4.86. The number of ketones is 1. The Morgan fingerprint density at radius 1 is 1.47 bits per heavy atom. The summed E-state index contributed by atoms with van der Waals surface area (Å²) < 4.78 is 0. The number of aromatic hydroxyl groups is 1. The van der Waals surface area contributed by atoms with E-state index < -0.39 is 0 Å². The van der Waals surface area contributed by atoms with Gasteiger partial charge in [0, 0.05) is 5.02 Å². The molecular formula is C11H12Cl2O2. The number of Topliss-reactive ketones (excluding diaryl/α,β-unsaturated/α-hetero) is 1. The van der Waals surface area contributed by atoms with Gasteiger partial charge in [-0.3, -0.25) is 4.79 Å². The molecule has 82 valence electrons. The minimum Gasteiger partial charge on any atom is -0.507 e. The van der Waals surface area contributed by atoms with Gasteiger partial charge in [-0.2, -0.15) is 0 Å². The summed E-state index contributed by atoms with van der Waals surface area (Å²) in [6.07, 6.45) is 0. The summed E-state index contributed by atoms with van der Waals surface area (Å²) in [4.78, 5) is 11.4. The van der Waals surface area contributed by atoms with Crippen LogP contribution in [0.15, 0.2) is 12.1 Å². The van der Waals surface area contributed by atoms with E-state index in [9.17, 15) is 9.90 Å². The Hall–Kier alpha value is -0.730. The molecule has 0 aliphatic rings. The van der Waals surface area contributed by atoms with E-state index in [1.165, 1.54) is 6.07 Å². The maximum absolute atomic E-state index is 11.4. The fraction of sp³-hybridized carbons (Fsp3) is 0.364. The molecule has 15 heavy (non-hydrogen) atoms. The van der Waals surface area contributed by atoms with Gasteiger partial charge in [0.25, 0.3) is 0 Å². The van der Waals surface area contributed by atoms with Crippen molar-refractivity contribution in [3.8, 4) is 5.75 Å². The van der Waals surface area contributed by atoms with Gasteiger partial charge in [0.05, 0.1) is 11.4 Å². The SMILES string of the molecule is CC(C)c1cc(Cl)cc(C(=O)CCl)c1O. The molecule has 0 radical (unpaired) electrons. The lowest BCUT2D eigenvalue weighted by atomic mass is 9.98. The van der Waals surface area contributed by atoms with E-state index in [1.807, 2.05) is 13.8 Å². The Morgan fingerprint density at radius 2 is 2.07 bits per heavy atom. The van der Waals surface area contributed by atoms with E-state index in [1.54, 1.807) is 6.07 Å². The van der Waals surface area contributed by atoms with Crippen molar-refractivity contribution < 1.29 is 9.90 Å². The third-order valence-corrected chi connectivity index (χ3v) is 2.61. The van der Waals surface area contributed by atoms with Gasteiger partial charge in [0.15, 0.2) is 5.78 Å². The van der Waals surface area contributed by atoms with Crippen molar-refractivity contribution in [2.24, 2.45) is 0 Å². The van der Waals surface area contributed by atoms with Gasteiger partial charge in [-0.25, -0.2) is 0 Å². The Balaban J connectivity index is 3.34. The Bertz CT molecular complexity index is 386. The standard InChI is InChI=1S/C11H12Cl2O2/c1-6(2)8-3-7(13)4-9(11(8)15)10(14)5-12/h3-4,6,15H,5H2,1-2H3. The molecule has 1 N–H and O–H groups in total. The number of carbonyl (C=O) groups excluding carboxylic acids is 1. The summed E-state index contributed by atoms with van der Waals surface area (Å²) in [6.45, 7) is 3.83. The first-order chi connectivity index (χ1) is 6.97. The minimum atomic E-state index is -0.321. The summed E-state index contributed by atoms with van der Waals surface area (Å²) in [5.41, 5.74) is 0.858. The fourth-order valence-corrected chi connectivity index (χ4v) is 1.72. The summed E-state index contributed by atoms with van der Waals surface area (Å²) in [6, 6.07) is 3.10. The molecule has 0 aliphatic carbocycles. The first kappa shape index (κ1) is 12.3. The van der Waals surface area contributed by atoms with Crippen LogP contribution in [0, 0.1) is 0 Å². The van der Waals surface area contributed by atoms with Gasteiger partial charge >= 0.3 is 0 Å². The smallest absolute Gasteiger partial charge is 0.181 e. The van der Waals surface area contributed by atoms with Crippen LogP contribution in [-0.4, -0.2) is 16.8 Å². The maximum atomic E-state index is 11.4. The van der Waals surface area contributed by atoms with Crippen LogP contribution in [0.4, 0.5) is 0 Å². The predicted octanol–water partition coefficient (Wildman–Crippen LogP) is 3.59. The van der Waals surface area contributed by atoms with E-state index in [-0.39, 0.29) is 28.9 Å². The van der Waals surface area contributed by atoms with E-state index in [0.717, 1.165) is 0 Å². The lowest BCUT2D eigenvalue weighted by molar-refractivity contribution is 0.101. The van der Waals surface area contributed by atoms with Gasteiger partial charge < -0.3 is 5.11 Å². The van der Waals surface area contributed by atoms with Gasteiger partial charge in [-0.1, -0.05) is 25.4 Å². The summed E-state index contributed by atoms with van der Waals surface area (Å²) >= 11 is 11.3. The molecule has 4 heteroatoms. The molecule has 0 aliphatic heterocycles. The number of benzene rings is 1. The number of alkyl halides is 1. The van der Waals surface area contributed by atoms with E-state index in [0.29, 0.717) is 10.6 Å². The molecule has 0 heterocycles.